The average molecular weight is 482 g/mol. The number of halogens is 2. The Labute approximate surface area is 197 Å². The van der Waals surface area contributed by atoms with Crippen molar-refractivity contribution in [3.05, 3.63) is 47.5 Å². The number of carbonyl (C=O) groups is 3. The zero-order chi connectivity index (χ0) is 24.6. The first-order valence-electron chi connectivity index (χ1n) is 11.2. The van der Waals surface area contributed by atoms with Crippen LogP contribution in [-0.2, 0) is 20.7 Å². The quantitative estimate of drug-likeness (QED) is 0.513. The maximum absolute atomic E-state index is 16.1. The average Bonchev–Trinajstić information content (AvgIpc) is 3.21. The highest BCUT2D eigenvalue weighted by atomic mass is 19.1. The molecule has 2 aromatic carbocycles. The van der Waals surface area contributed by atoms with Crippen molar-refractivity contribution in [1.82, 2.24) is 15.8 Å². The number of barbiturate groups is 1. The number of amides is 4. The molecule has 2 fully saturated rings. The number of benzene rings is 2. The van der Waals surface area contributed by atoms with Crippen molar-refractivity contribution in [2.45, 2.75) is 38.5 Å². The smallest absolute Gasteiger partial charge is 0.328 e. The summed E-state index contributed by atoms with van der Waals surface area (Å²) in [5.74, 6) is -2.84. The van der Waals surface area contributed by atoms with E-state index in [2.05, 4.69) is 15.8 Å². The third-order valence-corrected chi connectivity index (χ3v) is 7.09. The van der Waals surface area contributed by atoms with Crippen molar-refractivity contribution >= 4 is 34.5 Å². The van der Waals surface area contributed by atoms with Crippen molar-refractivity contribution in [3.8, 4) is 11.3 Å². The predicted octanol–water partition coefficient (Wildman–Crippen LogP) is 2.66. The molecule has 180 valence electrons. The van der Waals surface area contributed by atoms with Crippen LogP contribution in [0.25, 0.3) is 22.2 Å². The van der Waals surface area contributed by atoms with E-state index < -0.39 is 47.0 Å². The van der Waals surface area contributed by atoms with Crippen molar-refractivity contribution < 1.29 is 32.4 Å². The standard InChI is InChI=1S/C24H20F2N4O5/c1-10-9-30-18-12(8-24(20(30)11(2)34-10)21(31)27-23(33)28-22(24)32)7-14-17(29-35-19(14)16(18)26)13-5-3-4-6-15(13)25/h3-7,10-11,20H,8-9H2,1-2H3,(H2,27,28,31,32,33)/t10-,11+,20-/m0/s1. The van der Waals surface area contributed by atoms with Crippen molar-refractivity contribution in [1.29, 1.82) is 0 Å². The second-order valence-electron chi connectivity index (χ2n) is 9.22. The number of fused-ring (bicyclic) bond motifs is 5. The Morgan fingerprint density at radius 1 is 1.11 bits per heavy atom. The van der Waals surface area contributed by atoms with Crippen LogP contribution in [0.15, 0.2) is 34.9 Å². The highest BCUT2D eigenvalue weighted by molar-refractivity contribution is 6.20. The number of hydrogen-bond acceptors (Lipinski definition) is 7. The van der Waals surface area contributed by atoms with Gasteiger partial charge in [-0.15, -0.1) is 0 Å². The van der Waals surface area contributed by atoms with Crippen molar-refractivity contribution in [2.24, 2.45) is 5.41 Å². The third kappa shape index (κ3) is 2.87. The molecule has 1 spiro atoms. The van der Waals surface area contributed by atoms with Gasteiger partial charge >= 0.3 is 6.03 Å². The van der Waals surface area contributed by atoms with Crippen LogP contribution < -0.4 is 15.5 Å². The van der Waals surface area contributed by atoms with Gasteiger partial charge in [-0.3, -0.25) is 20.2 Å². The van der Waals surface area contributed by atoms with Gasteiger partial charge in [0.2, 0.25) is 17.4 Å². The van der Waals surface area contributed by atoms with Gasteiger partial charge in [0, 0.05) is 18.5 Å². The van der Waals surface area contributed by atoms with Gasteiger partial charge < -0.3 is 14.2 Å². The first-order chi connectivity index (χ1) is 16.7. The Hall–Kier alpha value is -3.86. The predicted molar refractivity (Wildman–Crippen MR) is 118 cm³/mol. The fraction of sp³-hybridized carbons (Fsp3) is 0.333. The molecular formula is C24H20F2N4O5. The molecule has 0 unspecified atom stereocenters. The van der Waals surface area contributed by atoms with E-state index in [1.165, 1.54) is 18.2 Å². The molecule has 0 bridgehead atoms. The highest BCUT2D eigenvalue weighted by Crippen LogP contribution is 2.49. The zero-order valence-electron chi connectivity index (χ0n) is 18.7. The molecule has 0 saturated carbocycles. The molecule has 3 aliphatic heterocycles. The van der Waals surface area contributed by atoms with Gasteiger partial charge in [-0.1, -0.05) is 17.3 Å². The van der Waals surface area contributed by atoms with Crippen LogP contribution in [-0.4, -0.2) is 47.8 Å². The first-order valence-corrected chi connectivity index (χ1v) is 11.2. The monoisotopic (exact) mass is 482 g/mol. The third-order valence-electron chi connectivity index (χ3n) is 7.09. The van der Waals surface area contributed by atoms with Crippen molar-refractivity contribution in [2.75, 3.05) is 11.4 Å². The number of ether oxygens (including phenoxy) is 1. The maximum Gasteiger partial charge on any atom is 0.328 e. The van der Waals surface area contributed by atoms with Crippen LogP contribution in [0, 0.1) is 17.0 Å². The van der Waals surface area contributed by atoms with E-state index >= 15 is 4.39 Å². The topological polar surface area (TPSA) is 114 Å². The molecular weight excluding hydrogens is 462 g/mol. The van der Waals surface area contributed by atoms with Crippen LogP contribution in [0.2, 0.25) is 0 Å². The Balaban J connectivity index is 1.61. The zero-order valence-corrected chi connectivity index (χ0v) is 18.7. The number of imide groups is 2. The molecule has 11 heteroatoms. The highest BCUT2D eigenvalue weighted by Gasteiger charge is 2.63. The van der Waals surface area contributed by atoms with Gasteiger partial charge in [-0.25, -0.2) is 13.6 Å². The Morgan fingerprint density at radius 3 is 2.54 bits per heavy atom. The van der Waals surface area contributed by atoms with E-state index in [1.807, 2.05) is 0 Å². The molecule has 0 radical (unpaired) electrons. The molecule has 1 aromatic heterocycles. The van der Waals surface area contributed by atoms with Gasteiger partial charge in [0.1, 0.15) is 11.5 Å². The van der Waals surface area contributed by atoms with Crippen LogP contribution >= 0.6 is 0 Å². The normalized spacial score (nSPS) is 25.3. The minimum Gasteiger partial charge on any atom is -0.372 e. The number of aromatic nitrogens is 1. The lowest BCUT2D eigenvalue weighted by Gasteiger charge is -2.55. The summed E-state index contributed by atoms with van der Waals surface area (Å²) in [6.07, 6.45) is -1.18. The second-order valence-corrected chi connectivity index (χ2v) is 9.22. The van der Waals surface area contributed by atoms with Gasteiger partial charge in [-0.05, 0) is 37.6 Å². The number of anilines is 1. The Morgan fingerprint density at radius 2 is 1.83 bits per heavy atom. The van der Waals surface area contributed by atoms with Crippen molar-refractivity contribution in [3.63, 3.8) is 0 Å². The van der Waals surface area contributed by atoms with E-state index in [-0.39, 0.29) is 47.0 Å². The number of nitrogens with zero attached hydrogens (tertiary/aromatic N) is 2. The summed E-state index contributed by atoms with van der Waals surface area (Å²) in [7, 11) is 0. The lowest BCUT2D eigenvalue weighted by atomic mass is 9.66. The first kappa shape index (κ1) is 21.7. The van der Waals surface area contributed by atoms with E-state index in [1.54, 1.807) is 30.9 Å². The minimum atomic E-state index is -1.75. The molecule has 9 nitrogen and oxygen atoms in total. The summed E-state index contributed by atoms with van der Waals surface area (Å²) in [6, 6.07) is 5.68. The second kappa shape index (κ2) is 7.32. The molecule has 2 N–H and O–H groups in total. The summed E-state index contributed by atoms with van der Waals surface area (Å²) < 4.78 is 41.8. The lowest BCUT2D eigenvalue weighted by molar-refractivity contribution is -0.153. The molecule has 6 rings (SSSR count). The van der Waals surface area contributed by atoms with Crippen LogP contribution in [0.4, 0.5) is 19.3 Å². The minimum absolute atomic E-state index is 0.104. The SMILES string of the molecule is C[C@H]1CN2c3c(cc4c(-c5ccccc5F)noc4c3F)CC3(C(=O)NC(=O)NC3=O)[C@@H]2[C@@H](C)O1. The summed E-state index contributed by atoms with van der Waals surface area (Å²) in [5, 5.41) is 8.53. The van der Waals surface area contributed by atoms with Gasteiger partial charge in [0.15, 0.2) is 11.2 Å². The molecule has 2 saturated heterocycles. The molecule has 4 heterocycles. The summed E-state index contributed by atoms with van der Waals surface area (Å²) in [6.45, 7) is 3.70. The molecule has 3 aliphatic rings. The number of hydrogen-bond donors (Lipinski definition) is 2. The van der Waals surface area contributed by atoms with E-state index in [0.717, 1.165) is 0 Å². The van der Waals surface area contributed by atoms with E-state index in [4.69, 9.17) is 9.26 Å². The summed E-state index contributed by atoms with van der Waals surface area (Å²) >= 11 is 0. The van der Waals surface area contributed by atoms with Crippen LogP contribution in [0.5, 0.6) is 0 Å². The van der Waals surface area contributed by atoms with E-state index in [0.29, 0.717) is 5.56 Å². The Kier molecular flexibility index (Phi) is 4.53. The number of urea groups is 1. The van der Waals surface area contributed by atoms with Gasteiger partial charge in [0.25, 0.3) is 0 Å². The largest absolute Gasteiger partial charge is 0.372 e. The van der Waals surface area contributed by atoms with Gasteiger partial charge in [-0.2, -0.15) is 0 Å². The number of rotatable bonds is 1. The molecule has 3 aromatic rings. The molecule has 4 amide bonds. The summed E-state index contributed by atoms with van der Waals surface area (Å²) in [4.78, 5) is 40.0. The summed E-state index contributed by atoms with van der Waals surface area (Å²) in [5.41, 5.74) is -1.17. The van der Waals surface area contributed by atoms with Gasteiger partial charge in [0.05, 0.1) is 29.3 Å². The molecule has 0 aliphatic carbocycles. The lowest BCUT2D eigenvalue weighted by Crippen LogP contribution is -2.75. The maximum atomic E-state index is 16.1. The fourth-order valence-corrected chi connectivity index (χ4v) is 5.80. The van der Waals surface area contributed by atoms with E-state index in [9.17, 15) is 18.8 Å². The Bertz CT molecular complexity index is 1420. The molecule has 3 atom stereocenters. The van der Waals surface area contributed by atoms with Crippen LogP contribution in [0.1, 0.15) is 19.4 Å². The number of carbonyl (C=O) groups excluding carboxylic acids is 3. The fourth-order valence-electron chi connectivity index (χ4n) is 5.80. The number of nitrogens with one attached hydrogen (secondary N) is 2. The number of morpholine rings is 1. The molecule has 35 heavy (non-hydrogen) atoms. The van der Waals surface area contributed by atoms with Crippen LogP contribution in [0.3, 0.4) is 0 Å².